The lowest BCUT2D eigenvalue weighted by atomic mass is 10.1. The van der Waals surface area contributed by atoms with Gasteiger partial charge in [-0.3, -0.25) is 4.79 Å². The first kappa shape index (κ1) is 18.0. The second-order valence-electron chi connectivity index (χ2n) is 5.85. The van der Waals surface area contributed by atoms with E-state index in [1.807, 2.05) is 50.2 Å². The normalized spacial score (nSPS) is 11.8. The number of carbonyl (C=O) groups excluding carboxylic acids is 1. The third kappa shape index (κ3) is 4.24. The van der Waals surface area contributed by atoms with Gasteiger partial charge in [-0.15, -0.1) is 0 Å². The predicted molar refractivity (Wildman–Crippen MR) is 102 cm³/mol. The fourth-order valence-corrected chi connectivity index (χ4v) is 2.68. The van der Waals surface area contributed by atoms with Gasteiger partial charge < -0.3 is 10.1 Å². The zero-order valence-electron chi connectivity index (χ0n) is 14.6. The van der Waals surface area contributed by atoms with E-state index in [9.17, 15) is 4.79 Å². The van der Waals surface area contributed by atoms with Crippen LogP contribution in [0.3, 0.4) is 0 Å². The van der Waals surface area contributed by atoms with E-state index in [-0.39, 0.29) is 11.9 Å². The lowest BCUT2D eigenvalue weighted by Crippen LogP contribution is -2.26. The fourth-order valence-electron chi connectivity index (χ4n) is 2.56. The van der Waals surface area contributed by atoms with E-state index in [1.165, 1.54) is 0 Å². The third-order valence-corrected chi connectivity index (χ3v) is 4.23. The molecule has 0 spiro atoms. The molecule has 0 saturated carbocycles. The summed E-state index contributed by atoms with van der Waals surface area (Å²) in [5.74, 6) is 0.644. The number of benzene rings is 2. The highest BCUT2D eigenvalue weighted by molar-refractivity contribution is 6.30. The van der Waals surface area contributed by atoms with Gasteiger partial charge in [0.1, 0.15) is 5.75 Å². The Balaban J connectivity index is 1.67. The molecule has 5 nitrogen and oxygen atoms in total. The molecule has 1 N–H and O–H groups in total. The molecule has 1 unspecified atom stereocenters. The molecule has 1 atom stereocenters. The summed E-state index contributed by atoms with van der Waals surface area (Å²) in [7, 11) is 0. The van der Waals surface area contributed by atoms with Gasteiger partial charge in [0, 0.05) is 11.2 Å². The van der Waals surface area contributed by atoms with Gasteiger partial charge in [0.25, 0.3) is 5.91 Å². The molecule has 3 rings (SSSR count). The Morgan fingerprint density at radius 2 is 1.88 bits per heavy atom. The first-order chi connectivity index (χ1) is 12.6. The van der Waals surface area contributed by atoms with Crippen LogP contribution < -0.4 is 10.1 Å². The van der Waals surface area contributed by atoms with Crippen LogP contribution in [-0.2, 0) is 0 Å². The summed E-state index contributed by atoms with van der Waals surface area (Å²) in [5.41, 5.74) is 2.35. The summed E-state index contributed by atoms with van der Waals surface area (Å²) >= 11 is 5.90. The maximum Gasteiger partial charge on any atom is 0.254 e. The quantitative estimate of drug-likeness (QED) is 0.700. The van der Waals surface area contributed by atoms with Crippen LogP contribution in [0.1, 0.15) is 35.8 Å². The number of nitrogens with zero attached hydrogens (tertiary/aromatic N) is 2. The molecule has 26 heavy (non-hydrogen) atoms. The second-order valence-corrected chi connectivity index (χ2v) is 6.28. The van der Waals surface area contributed by atoms with Crippen LogP contribution in [0.15, 0.2) is 60.9 Å². The maximum absolute atomic E-state index is 12.5. The van der Waals surface area contributed by atoms with E-state index in [2.05, 4.69) is 10.4 Å². The Bertz CT molecular complexity index is 873. The monoisotopic (exact) mass is 369 g/mol. The van der Waals surface area contributed by atoms with Crippen molar-refractivity contribution >= 4 is 17.5 Å². The Labute approximate surface area is 157 Å². The SMILES string of the molecule is CCOc1ccc(C(C)NC(=O)c2cnn(-c3ccc(Cl)cc3)c2)cc1. The Morgan fingerprint density at radius 1 is 1.19 bits per heavy atom. The summed E-state index contributed by atoms with van der Waals surface area (Å²) in [5, 5.41) is 7.88. The smallest absolute Gasteiger partial charge is 0.254 e. The van der Waals surface area contributed by atoms with Crippen molar-refractivity contribution < 1.29 is 9.53 Å². The van der Waals surface area contributed by atoms with Crippen molar-refractivity contribution in [2.45, 2.75) is 19.9 Å². The van der Waals surface area contributed by atoms with Gasteiger partial charge in [-0.2, -0.15) is 5.10 Å². The predicted octanol–water partition coefficient (Wildman–Crippen LogP) is 4.42. The van der Waals surface area contributed by atoms with Gasteiger partial charge in [-0.05, 0) is 55.8 Å². The average molecular weight is 370 g/mol. The third-order valence-electron chi connectivity index (χ3n) is 3.97. The summed E-state index contributed by atoms with van der Waals surface area (Å²) in [4.78, 5) is 12.5. The maximum atomic E-state index is 12.5. The van der Waals surface area contributed by atoms with Gasteiger partial charge in [-0.25, -0.2) is 4.68 Å². The van der Waals surface area contributed by atoms with Crippen LogP contribution >= 0.6 is 11.6 Å². The van der Waals surface area contributed by atoms with Crippen LogP contribution in [0.4, 0.5) is 0 Å². The highest BCUT2D eigenvalue weighted by atomic mass is 35.5. The first-order valence-corrected chi connectivity index (χ1v) is 8.79. The second kappa shape index (κ2) is 8.06. The van der Waals surface area contributed by atoms with Crippen molar-refractivity contribution in [3.05, 3.63) is 77.1 Å². The summed E-state index contributed by atoms with van der Waals surface area (Å²) in [6.07, 6.45) is 3.25. The lowest BCUT2D eigenvalue weighted by Gasteiger charge is -2.14. The standard InChI is InChI=1S/C20H20ClN3O2/c1-3-26-19-10-4-15(5-11-19)14(2)23-20(25)16-12-22-24(13-16)18-8-6-17(21)7-9-18/h4-14H,3H2,1-2H3,(H,23,25). The molecule has 6 heteroatoms. The summed E-state index contributed by atoms with van der Waals surface area (Å²) in [6, 6.07) is 14.8. The van der Waals surface area contributed by atoms with E-state index in [4.69, 9.17) is 16.3 Å². The number of nitrogens with one attached hydrogen (secondary N) is 1. The molecule has 3 aromatic rings. The molecule has 1 amide bonds. The van der Waals surface area contributed by atoms with Crippen molar-refractivity contribution in [3.8, 4) is 11.4 Å². The fraction of sp³-hybridized carbons (Fsp3) is 0.200. The number of rotatable bonds is 6. The minimum Gasteiger partial charge on any atom is -0.494 e. The van der Waals surface area contributed by atoms with Crippen molar-refractivity contribution in [1.82, 2.24) is 15.1 Å². The van der Waals surface area contributed by atoms with Crippen LogP contribution in [0.5, 0.6) is 5.75 Å². The van der Waals surface area contributed by atoms with Crippen molar-refractivity contribution in [1.29, 1.82) is 0 Å². The number of aromatic nitrogens is 2. The highest BCUT2D eigenvalue weighted by Crippen LogP contribution is 2.18. The van der Waals surface area contributed by atoms with Crippen LogP contribution in [-0.4, -0.2) is 22.3 Å². The number of hydrogen-bond acceptors (Lipinski definition) is 3. The molecule has 0 aliphatic heterocycles. The molecule has 0 radical (unpaired) electrons. The van der Waals surface area contributed by atoms with Gasteiger partial charge >= 0.3 is 0 Å². The molecule has 0 aliphatic rings. The lowest BCUT2D eigenvalue weighted by molar-refractivity contribution is 0.0940. The molecular formula is C20H20ClN3O2. The van der Waals surface area contributed by atoms with Gasteiger partial charge in [0.2, 0.25) is 0 Å². The Kier molecular flexibility index (Phi) is 5.58. The van der Waals surface area contributed by atoms with E-state index >= 15 is 0 Å². The zero-order chi connectivity index (χ0) is 18.5. The highest BCUT2D eigenvalue weighted by Gasteiger charge is 2.14. The largest absolute Gasteiger partial charge is 0.494 e. The number of halogens is 1. The zero-order valence-corrected chi connectivity index (χ0v) is 15.4. The molecule has 1 aromatic heterocycles. The van der Waals surface area contributed by atoms with Gasteiger partial charge in [0.05, 0.1) is 30.1 Å². The molecule has 1 heterocycles. The Hall–Kier alpha value is -2.79. The Morgan fingerprint density at radius 3 is 2.54 bits per heavy atom. The average Bonchev–Trinajstić information content (AvgIpc) is 3.13. The van der Waals surface area contributed by atoms with Gasteiger partial charge in [-0.1, -0.05) is 23.7 Å². The molecule has 0 saturated heterocycles. The number of carbonyl (C=O) groups is 1. The molecule has 0 aliphatic carbocycles. The van der Waals surface area contributed by atoms with Crippen LogP contribution in [0.2, 0.25) is 5.02 Å². The van der Waals surface area contributed by atoms with Gasteiger partial charge in [0.15, 0.2) is 0 Å². The van der Waals surface area contributed by atoms with E-state index in [0.29, 0.717) is 17.2 Å². The minimum atomic E-state index is -0.174. The van der Waals surface area contributed by atoms with E-state index < -0.39 is 0 Å². The summed E-state index contributed by atoms with van der Waals surface area (Å²) < 4.78 is 7.08. The molecule has 134 valence electrons. The molecule has 0 fully saturated rings. The van der Waals surface area contributed by atoms with E-state index in [1.54, 1.807) is 29.2 Å². The van der Waals surface area contributed by atoms with Crippen LogP contribution in [0, 0.1) is 0 Å². The van der Waals surface area contributed by atoms with Crippen molar-refractivity contribution in [2.75, 3.05) is 6.61 Å². The number of ether oxygens (including phenoxy) is 1. The minimum absolute atomic E-state index is 0.128. The van der Waals surface area contributed by atoms with Crippen LogP contribution in [0.25, 0.3) is 5.69 Å². The topological polar surface area (TPSA) is 56.1 Å². The van der Waals surface area contributed by atoms with Crippen molar-refractivity contribution in [2.24, 2.45) is 0 Å². The number of hydrogen-bond donors (Lipinski definition) is 1. The first-order valence-electron chi connectivity index (χ1n) is 8.41. The number of amides is 1. The summed E-state index contributed by atoms with van der Waals surface area (Å²) in [6.45, 7) is 4.52. The van der Waals surface area contributed by atoms with Crippen molar-refractivity contribution in [3.63, 3.8) is 0 Å². The molecule has 0 bridgehead atoms. The van der Waals surface area contributed by atoms with E-state index in [0.717, 1.165) is 17.0 Å². The molecule has 2 aromatic carbocycles. The molecular weight excluding hydrogens is 350 g/mol.